The number of methoxy groups -OCH3 is 1. The lowest BCUT2D eigenvalue weighted by molar-refractivity contribution is 0.0957. The second kappa shape index (κ2) is 15.7. The summed E-state index contributed by atoms with van der Waals surface area (Å²) in [5, 5.41) is 11.4. The first-order valence-corrected chi connectivity index (χ1v) is 11.1. The number of thiophene rings is 1. The van der Waals surface area contributed by atoms with Crippen LogP contribution in [-0.2, 0) is 6.42 Å². The number of carbonyl (C=O) groups is 1. The number of aryl methyl sites for hydroxylation is 1. The van der Waals surface area contributed by atoms with Crippen LogP contribution < -0.4 is 25.4 Å². The molecule has 0 atom stereocenters. The summed E-state index contributed by atoms with van der Waals surface area (Å²) in [4.78, 5) is 16.9. The Morgan fingerprint density at radius 2 is 1.81 bits per heavy atom. The van der Waals surface area contributed by atoms with Crippen LogP contribution in [0.2, 0.25) is 0 Å². The number of aliphatic imine (C=N–C) groups is 1. The van der Waals surface area contributed by atoms with E-state index in [0.29, 0.717) is 13.2 Å². The highest BCUT2D eigenvalue weighted by atomic mass is 127. The van der Waals surface area contributed by atoms with E-state index in [1.807, 2.05) is 36.6 Å². The van der Waals surface area contributed by atoms with E-state index in [1.54, 1.807) is 14.2 Å². The summed E-state index contributed by atoms with van der Waals surface area (Å²) in [5.74, 6) is 2.30. The average molecular weight is 561 g/mol. The molecule has 1 aromatic carbocycles. The molecule has 31 heavy (non-hydrogen) atoms. The van der Waals surface area contributed by atoms with Crippen LogP contribution in [0, 0.1) is 0 Å². The van der Waals surface area contributed by atoms with Crippen LogP contribution in [0.3, 0.4) is 0 Å². The molecule has 0 fully saturated rings. The first-order chi connectivity index (χ1) is 14.7. The molecule has 0 saturated heterocycles. The zero-order chi connectivity index (χ0) is 21.6. The summed E-state index contributed by atoms with van der Waals surface area (Å²) in [7, 11) is 3.41. The normalized spacial score (nSPS) is 10.7. The van der Waals surface area contributed by atoms with Crippen LogP contribution in [0.25, 0.3) is 0 Å². The highest BCUT2D eigenvalue weighted by molar-refractivity contribution is 14.0. The number of carbonyl (C=O) groups excluding carboxylic acids is 1. The molecule has 0 saturated carbocycles. The lowest BCUT2D eigenvalue weighted by Crippen LogP contribution is -2.39. The van der Waals surface area contributed by atoms with Gasteiger partial charge < -0.3 is 25.4 Å². The molecule has 0 radical (unpaired) electrons. The molecule has 2 aromatic rings. The quantitative estimate of drug-likeness (QED) is 0.160. The molecule has 1 heterocycles. The van der Waals surface area contributed by atoms with Crippen molar-refractivity contribution < 1.29 is 14.3 Å². The van der Waals surface area contributed by atoms with Crippen molar-refractivity contribution in [2.45, 2.75) is 26.2 Å². The average Bonchev–Trinajstić information content (AvgIpc) is 3.30. The fraction of sp³-hybridized carbons (Fsp3) is 0.455. The highest BCUT2D eigenvalue weighted by Gasteiger charge is 2.06. The third-order valence-corrected chi connectivity index (χ3v) is 5.23. The first-order valence-electron chi connectivity index (χ1n) is 10.2. The van der Waals surface area contributed by atoms with Gasteiger partial charge in [0.25, 0.3) is 5.91 Å². The first kappa shape index (κ1) is 27.0. The van der Waals surface area contributed by atoms with E-state index in [2.05, 4.69) is 27.0 Å². The number of hydrogen-bond donors (Lipinski definition) is 3. The highest BCUT2D eigenvalue weighted by Crippen LogP contribution is 2.28. The molecule has 2 rings (SSSR count). The van der Waals surface area contributed by atoms with Crippen molar-refractivity contribution in [3.63, 3.8) is 0 Å². The van der Waals surface area contributed by atoms with Gasteiger partial charge in [-0.1, -0.05) is 12.1 Å². The van der Waals surface area contributed by atoms with Gasteiger partial charge >= 0.3 is 0 Å². The van der Waals surface area contributed by atoms with E-state index in [9.17, 15) is 4.79 Å². The van der Waals surface area contributed by atoms with Crippen molar-refractivity contribution in [3.05, 3.63) is 46.2 Å². The maximum absolute atomic E-state index is 11.9. The molecule has 7 nitrogen and oxygen atoms in total. The van der Waals surface area contributed by atoms with Crippen LogP contribution in [0.1, 0.15) is 35.0 Å². The fourth-order valence-corrected chi connectivity index (χ4v) is 3.50. The molecule has 0 aliphatic heterocycles. The van der Waals surface area contributed by atoms with Gasteiger partial charge in [-0.2, -0.15) is 0 Å². The van der Waals surface area contributed by atoms with Gasteiger partial charge in [0.2, 0.25) is 0 Å². The van der Waals surface area contributed by atoms with Crippen molar-refractivity contribution >= 4 is 47.2 Å². The van der Waals surface area contributed by atoms with E-state index < -0.39 is 0 Å². The van der Waals surface area contributed by atoms with Gasteiger partial charge in [-0.15, -0.1) is 35.3 Å². The number of nitrogens with one attached hydrogen (secondary N) is 3. The largest absolute Gasteiger partial charge is 0.493 e. The molecule has 3 N–H and O–H groups in total. The number of ether oxygens (including phenoxy) is 2. The zero-order valence-electron chi connectivity index (χ0n) is 18.4. The Bertz CT molecular complexity index is 800. The van der Waals surface area contributed by atoms with Gasteiger partial charge in [0, 0.05) is 26.7 Å². The maximum atomic E-state index is 11.9. The third-order valence-electron chi connectivity index (χ3n) is 4.36. The van der Waals surface area contributed by atoms with Gasteiger partial charge in [-0.25, -0.2) is 0 Å². The molecule has 0 unspecified atom stereocenters. The van der Waals surface area contributed by atoms with Gasteiger partial charge in [-0.3, -0.25) is 9.79 Å². The Balaban J connectivity index is 0.00000480. The summed E-state index contributed by atoms with van der Waals surface area (Å²) in [5.41, 5.74) is 1.21. The van der Waals surface area contributed by atoms with Crippen LogP contribution in [-0.4, -0.2) is 52.3 Å². The summed E-state index contributed by atoms with van der Waals surface area (Å²) in [6, 6.07) is 9.77. The predicted molar refractivity (Wildman–Crippen MR) is 139 cm³/mol. The molecule has 9 heteroatoms. The summed E-state index contributed by atoms with van der Waals surface area (Å²) in [6.07, 6.45) is 2.72. The Morgan fingerprint density at radius 3 is 2.45 bits per heavy atom. The summed E-state index contributed by atoms with van der Waals surface area (Å²) < 4.78 is 11.0. The molecule has 1 aromatic heterocycles. The lowest BCUT2D eigenvalue weighted by atomic mass is 10.1. The molecule has 0 aliphatic carbocycles. The number of hydrogen-bond acceptors (Lipinski definition) is 5. The van der Waals surface area contributed by atoms with Crippen LogP contribution in [0.4, 0.5) is 0 Å². The van der Waals surface area contributed by atoms with Crippen molar-refractivity contribution in [2.75, 3.05) is 40.4 Å². The molecule has 172 valence electrons. The SMILES string of the molecule is CCOc1cc(CCCNC(=NC)NCCCNC(=O)c2cccs2)ccc1OC.I. The number of halogens is 1. The number of nitrogens with zero attached hydrogens (tertiary/aromatic N) is 1. The Morgan fingerprint density at radius 1 is 1.06 bits per heavy atom. The Hall–Kier alpha value is -2.01. The zero-order valence-corrected chi connectivity index (χ0v) is 21.5. The standard InChI is InChI=1S/C22H32N4O3S.HI/c1-4-29-19-16-17(10-11-18(19)28-3)8-5-12-25-22(23-2)26-14-7-13-24-21(27)20-9-6-15-30-20;/h6,9-11,15-16H,4-5,7-8,12-14H2,1-3H3,(H,24,27)(H2,23,25,26);1H. The lowest BCUT2D eigenvalue weighted by Gasteiger charge is -2.13. The van der Waals surface area contributed by atoms with Crippen LogP contribution >= 0.6 is 35.3 Å². The smallest absolute Gasteiger partial charge is 0.261 e. The molecule has 0 bridgehead atoms. The minimum atomic E-state index is -0.0152. The van der Waals surface area contributed by atoms with Gasteiger partial charge in [0.05, 0.1) is 18.6 Å². The van der Waals surface area contributed by atoms with E-state index in [1.165, 1.54) is 16.9 Å². The number of benzene rings is 1. The van der Waals surface area contributed by atoms with E-state index >= 15 is 0 Å². The fourth-order valence-electron chi connectivity index (χ4n) is 2.86. The third kappa shape index (κ3) is 9.77. The molecular formula is C22H33IN4O3S. The van der Waals surface area contributed by atoms with E-state index in [4.69, 9.17) is 9.47 Å². The summed E-state index contributed by atoms with van der Waals surface area (Å²) >= 11 is 1.45. The minimum absolute atomic E-state index is 0. The van der Waals surface area contributed by atoms with Gasteiger partial charge in [0.1, 0.15) is 0 Å². The van der Waals surface area contributed by atoms with Crippen molar-refractivity contribution in [1.29, 1.82) is 0 Å². The van der Waals surface area contributed by atoms with Crippen LogP contribution in [0.15, 0.2) is 40.7 Å². The molecular weight excluding hydrogens is 527 g/mol. The minimum Gasteiger partial charge on any atom is -0.493 e. The number of rotatable bonds is 12. The molecule has 1 amide bonds. The molecule has 0 aliphatic rings. The van der Waals surface area contributed by atoms with Crippen molar-refractivity contribution in [3.8, 4) is 11.5 Å². The van der Waals surface area contributed by atoms with Crippen molar-refractivity contribution in [2.24, 2.45) is 4.99 Å². The number of guanidine groups is 1. The molecule has 0 spiro atoms. The van der Waals surface area contributed by atoms with Crippen LogP contribution in [0.5, 0.6) is 11.5 Å². The number of amides is 1. The van der Waals surface area contributed by atoms with Crippen molar-refractivity contribution in [1.82, 2.24) is 16.0 Å². The second-order valence-electron chi connectivity index (χ2n) is 6.53. The Labute approximate surface area is 206 Å². The predicted octanol–water partition coefficient (Wildman–Crippen LogP) is 3.69. The Kier molecular flexibility index (Phi) is 13.7. The second-order valence-corrected chi connectivity index (χ2v) is 7.48. The van der Waals surface area contributed by atoms with E-state index in [-0.39, 0.29) is 29.9 Å². The van der Waals surface area contributed by atoms with Gasteiger partial charge in [-0.05, 0) is 55.3 Å². The van der Waals surface area contributed by atoms with E-state index in [0.717, 1.165) is 54.7 Å². The monoisotopic (exact) mass is 560 g/mol. The van der Waals surface area contributed by atoms with Gasteiger partial charge in [0.15, 0.2) is 17.5 Å². The topological polar surface area (TPSA) is 84.0 Å². The summed E-state index contributed by atoms with van der Waals surface area (Å²) in [6.45, 7) is 4.75. The maximum Gasteiger partial charge on any atom is 0.261 e.